The van der Waals surface area contributed by atoms with Crippen molar-refractivity contribution >= 4 is 11.3 Å². The minimum Gasteiger partial charge on any atom is -0.353 e. The predicted octanol–water partition coefficient (Wildman–Crippen LogP) is 1.77. The summed E-state index contributed by atoms with van der Waals surface area (Å²) in [4.78, 5) is 4.21. The SMILES string of the molecule is Cn1cccc1CNCc1nccs1. The molecule has 0 radical (unpaired) electrons. The van der Waals surface area contributed by atoms with Gasteiger partial charge in [0.1, 0.15) is 5.01 Å². The molecule has 0 atom stereocenters. The molecule has 0 aliphatic heterocycles. The molecule has 4 heteroatoms. The molecule has 0 aliphatic carbocycles. The third-order valence-corrected chi connectivity index (χ3v) is 2.90. The zero-order valence-electron chi connectivity index (χ0n) is 8.10. The lowest BCUT2D eigenvalue weighted by Crippen LogP contribution is -2.14. The quantitative estimate of drug-likeness (QED) is 0.828. The van der Waals surface area contributed by atoms with Crippen molar-refractivity contribution in [1.29, 1.82) is 0 Å². The Morgan fingerprint density at radius 1 is 1.50 bits per heavy atom. The highest BCUT2D eigenvalue weighted by Gasteiger charge is 1.97. The summed E-state index contributed by atoms with van der Waals surface area (Å²) in [6.07, 6.45) is 3.89. The number of nitrogens with zero attached hydrogens (tertiary/aromatic N) is 2. The molecule has 0 bridgehead atoms. The number of aromatic nitrogens is 2. The molecular formula is C10H13N3S. The van der Waals surface area contributed by atoms with E-state index < -0.39 is 0 Å². The maximum absolute atomic E-state index is 4.21. The minimum atomic E-state index is 0.850. The fourth-order valence-electron chi connectivity index (χ4n) is 1.32. The van der Waals surface area contributed by atoms with Crippen molar-refractivity contribution in [3.63, 3.8) is 0 Å². The fourth-order valence-corrected chi connectivity index (χ4v) is 1.90. The summed E-state index contributed by atoms with van der Waals surface area (Å²) in [5.74, 6) is 0. The Hall–Kier alpha value is -1.13. The standard InChI is InChI=1S/C10H13N3S/c1-13-5-2-3-9(13)7-11-8-10-12-4-6-14-10/h2-6,11H,7-8H2,1H3. The Morgan fingerprint density at radius 2 is 2.43 bits per heavy atom. The summed E-state index contributed by atoms with van der Waals surface area (Å²) in [6.45, 7) is 1.74. The van der Waals surface area contributed by atoms with Gasteiger partial charge in [-0.05, 0) is 12.1 Å². The molecule has 3 nitrogen and oxygen atoms in total. The Kier molecular flexibility index (Phi) is 2.96. The second-order valence-corrected chi connectivity index (χ2v) is 4.12. The van der Waals surface area contributed by atoms with Crippen molar-refractivity contribution in [2.24, 2.45) is 7.05 Å². The summed E-state index contributed by atoms with van der Waals surface area (Å²) < 4.78 is 2.12. The molecule has 0 unspecified atom stereocenters. The largest absolute Gasteiger partial charge is 0.353 e. The molecule has 0 saturated heterocycles. The van der Waals surface area contributed by atoms with Crippen molar-refractivity contribution in [1.82, 2.24) is 14.9 Å². The van der Waals surface area contributed by atoms with Crippen molar-refractivity contribution in [2.45, 2.75) is 13.1 Å². The van der Waals surface area contributed by atoms with Gasteiger partial charge >= 0.3 is 0 Å². The first kappa shape index (κ1) is 9.43. The summed E-state index contributed by atoms with van der Waals surface area (Å²) in [5, 5.41) is 6.50. The monoisotopic (exact) mass is 207 g/mol. The molecule has 74 valence electrons. The number of hydrogen-bond acceptors (Lipinski definition) is 3. The Labute approximate surface area is 87.4 Å². The van der Waals surface area contributed by atoms with E-state index in [1.54, 1.807) is 11.3 Å². The molecule has 0 amide bonds. The van der Waals surface area contributed by atoms with Crippen LogP contribution in [0.4, 0.5) is 0 Å². The Bertz CT molecular complexity index is 378. The van der Waals surface area contributed by atoms with Crippen LogP contribution in [0.15, 0.2) is 29.9 Å². The van der Waals surface area contributed by atoms with Crippen LogP contribution in [0.1, 0.15) is 10.7 Å². The van der Waals surface area contributed by atoms with Crippen LogP contribution in [-0.4, -0.2) is 9.55 Å². The van der Waals surface area contributed by atoms with E-state index in [9.17, 15) is 0 Å². The first-order chi connectivity index (χ1) is 6.86. The minimum absolute atomic E-state index is 0.850. The molecule has 0 spiro atoms. The van der Waals surface area contributed by atoms with Gasteiger partial charge in [-0.3, -0.25) is 0 Å². The van der Waals surface area contributed by atoms with Crippen molar-refractivity contribution < 1.29 is 0 Å². The highest BCUT2D eigenvalue weighted by atomic mass is 32.1. The highest BCUT2D eigenvalue weighted by molar-refractivity contribution is 7.09. The van der Waals surface area contributed by atoms with Gasteiger partial charge in [0, 0.05) is 43.6 Å². The van der Waals surface area contributed by atoms with E-state index in [4.69, 9.17) is 0 Å². The third kappa shape index (κ3) is 2.21. The lowest BCUT2D eigenvalue weighted by molar-refractivity contribution is 0.653. The highest BCUT2D eigenvalue weighted by Crippen LogP contribution is 2.04. The lowest BCUT2D eigenvalue weighted by atomic mass is 10.4. The van der Waals surface area contributed by atoms with Crippen molar-refractivity contribution in [2.75, 3.05) is 0 Å². The van der Waals surface area contributed by atoms with Crippen molar-refractivity contribution in [3.05, 3.63) is 40.6 Å². The lowest BCUT2D eigenvalue weighted by Gasteiger charge is -2.03. The summed E-state index contributed by atoms with van der Waals surface area (Å²) in [7, 11) is 2.06. The first-order valence-corrected chi connectivity index (χ1v) is 5.43. The van der Waals surface area contributed by atoms with Gasteiger partial charge < -0.3 is 9.88 Å². The van der Waals surface area contributed by atoms with Gasteiger partial charge in [-0.1, -0.05) is 0 Å². The van der Waals surface area contributed by atoms with Crippen LogP contribution in [0.25, 0.3) is 0 Å². The third-order valence-electron chi connectivity index (χ3n) is 2.12. The van der Waals surface area contributed by atoms with Crippen LogP contribution >= 0.6 is 11.3 Å². The number of rotatable bonds is 4. The van der Waals surface area contributed by atoms with Crippen LogP contribution < -0.4 is 5.32 Å². The summed E-state index contributed by atoms with van der Waals surface area (Å²) >= 11 is 1.68. The molecule has 2 rings (SSSR count). The predicted molar refractivity (Wildman–Crippen MR) is 58.1 cm³/mol. The topological polar surface area (TPSA) is 29.9 Å². The fraction of sp³-hybridized carbons (Fsp3) is 0.300. The average Bonchev–Trinajstić information content (AvgIpc) is 2.78. The van der Waals surface area contributed by atoms with E-state index in [1.807, 2.05) is 11.6 Å². The van der Waals surface area contributed by atoms with Crippen LogP contribution in [0, 0.1) is 0 Å². The van der Waals surface area contributed by atoms with Gasteiger partial charge in [0.15, 0.2) is 0 Å². The summed E-state index contributed by atoms with van der Waals surface area (Å²) in [6, 6.07) is 4.18. The van der Waals surface area contributed by atoms with Crippen LogP contribution in [0.5, 0.6) is 0 Å². The van der Waals surface area contributed by atoms with E-state index >= 15 is 0 Å². The summed E-state index contributed by atoms with van der Waals surface area (Å²) in [5.41, 5.74) is 1.29. The normalized spacial score (nSPS) is 10.6. The number of aryl methyl sites for hydroxylation is 1. The van der Waals surface area contributed by atoms with E-state index in [0.29, 0.717) is 0 Å². The van der Waals surface area contributed by atoms with E-state index in [2.05, 4.69) is 40.2 Å². The van der Waals surface area contributed by atoms with Gasteiger partial charge in [0.05, 0.1) is 0 Å². The molecule has 2 aromatic rings. The van der Waals surface area contributed by atoms with Crippen LogP contribution in [-0.2, 0) is 20.1 Å². The molecule has 0 fully saturated rings. The molecule has 2 aromatic heterocycles. The number of hydrogen-bond donors (Lipinski definition) is 1. The van der Waals surface area contributed by atoms with Crippen LogP contribution in [0.3, 0.4) is 0 Å². The zero-order valence-corrected chi connectivity index (χ0v) is 8.92. The van der Waals surface area contributed by atoms with Gasteiger partial charge in [0.25, 0.3) is 0 Å². The molecule has 0 aliphatic rings. The molecule has 14 heavy (non-hydrogen) atoms. The van der Waals surface area contributed by atoms with E-state index in [-0.39, 0.29) is 0 Å². The van der Waals surface area contributed by atoms with Gasteiger partial charge in [-0.15, -0.1) is 11.3 Å². The molecule has 1 N–H and O–H groups in total. The zero-order chi connectivity index (χ0) is 9.80. The molecule has 0 saturated carbocycles. The average molecular weight is 207 g/mol. The van der Waals surface area contributed by atoms with Gasteiger partial charge in [0.2, 0.25) is 0 Å². The Morgan fingerprint density at radius 3 is 3.07 bits per heavy atom. The first-order valence-electron chi connectivity index (χ1n) is 4.55. The van der Waals surface area contributed by atoms with Gasteiger partial charge in [-0.25, -0.2) is 4.98 Å². The van der Waals surface area contributed by atoms with Gasteiger partial charge in [-0.2, -0.15) is 0 Å². The van der Waals surface area contributed by atoms with E-state index in [0.717, 1.165) is 18.1 Å². The number of nitrogens with one attached hydrogen (secondary N) is 1. The second-order valence-electron chi connectivity index (χ2n) is 3.14. The van der Waals surface area contributed by atoms with E-state index in [1.165, 1.54) is 5.69 Å². The van der Waals surface area contributed by atoms with Crippen molar-refractivity contribution in [3.8, 4) is 0 Å². The molecule has 0 aromatic carbocycles. The number of thiazole rings is 1. The molecule has 2 heterocycles. The maximum atomic E-state index is 4.21. The maximum Gasteiger partial charge on any atom is 0.106 e. The smallest absolute Gasteiger partial charge is 0.106 e. The molecular weight excluding hydrogens is 194 g/mol. The van der Waals surface area contributed by atoms with Crippen LogP contribution in [0.2, 0.25) is 0 Å². The second kappa shape index (κ2) is 4.39. The Balaban J connectivity index is 1.81.